The zero-order chi connectivity index (χ0) is 14.0. The summed E-state index contributed by atoms with van der Waals surface area (Å²) in [5, 5.41) is 9.29. The molecule has 6 nitrogen and oxygen atoms in total. The summed E-state index contributed by atoms with van der Waals surface area (Å²) in [5.41, 5.74) is 6.64. The number of phenolic OH excluding ortho intramolecular Hbond substituents is 1. The Balaban J connectivity index is 2.38. The lowest BCUT2D eigenvalue weighted by atomic mass is 10.3. The number of sulfonamides is 1. The number of hydrogen-bond donors (Lipinski definition) is 3. The molecule has 19 heavy (non-hydrogen) atoms. The molecule has 0 unspecified atom stereocenters. The molecule has 1 aromatic carbocycles. The second kappa shape index (κ2) is 4.77. The number of nitrogens with zero attached hydrogens (tertiary/aromatic N) is 1. The number of nitrogen functional groups attached to an aromatic ring is 1. The van der Waals surface area contributed by atoms with Gasteiger partial charge in [0.2, 0.25) is 0 Å². The molecular formula is C12H13N3O3S. The van der Waals surface area contributed by atoms with Crippen LogP contribution in [0.3, 0.4) is 0 Å². The topological polar surface area (TPSA) is 105 Å². The largest absolute Gasteiger partial charge is 0.506 e. The molecule has 0 saturated carbocycles. The second-order valence-corrected chi connectivity index (χ2v) is 5.70. The van der Waals surface area contributed by atoms with E-state index in [0.717, 1.165) is 5.56 Å². The second-order valence-electron chi connectivity index (χ2n) is 4.02. The van der Waals surface area contributed by atoms with Crippen molar-refractivity contribution in [3.63, 3.8) is 0 Å². The zero-order valence-electron chi connectivity index (χ0n) is 10.2. The highest BCUT2D eigenvalue weighted by atomic mass is 32.2. The van der Waals surface area contributed by atoms with Crippen LogP contribution >= 0.6 is 0 Å². The van der Waals surface area contributed by atoms with Crippen molar-refractivity contribution < 1.29 is 13.5 Å². The first-order valence-corrected chi connectivity index (χ1v) is 6.90. The third kappa shape index (κ3) is 2.76. The Kier molecular flexibility index (Phi) is 3.30. The van der Waals surface area contributed by atoms with E-state index >= 15 is 0 Å². The van der Waals surface area contributed by atoms with Crippen LogP contribution in [0.1, 0.15) is 5.56 Å². The van der Waals surface area contributed by atoms with Gasteiger partial charge in [0.25, 0.3) is 10.0 Å². The van der Waals surface area contributed by atoms with Gasteiger partial charge in [-0.15, -0.1) is 0 Å². The zero-order valence-corrected chi connectivity index (χ0v) is 11.0. The Hall–Kier alpha value is -2.28. The summed E-state index contributed by atoms with van der Waals surface area (Å²) in [7, 11) is -3.76. The molecule has 0 amide bonds. The van der Waals surface area contributed by atoms with Crippen LogP contribution in [0, 0.1) is 6.92 Å². The molecule has 7 heteroatoms. The molecule has 2 rings (SSSR count). The summed E-state index contributed by atoms with van der Waals surface area (Å²) in [5.74, 6) is -0.156. The van der Waals surface area contributed by atoms with Gasteiger partial charge in [0.15, 0.2) is 0 Å². The molecule has 4 N–H and O–H groups in total. The quantitative estimate of drug-likeness (QED) is 0.583. The van der Waals surface area contributed by atoms with E-state index < -0.39 is 10.0 Å². The first-order valence-electron chi connectivity index (χ1n) is 5.42. The molecule has 0 spiro atoms. The lowest BCUT2D eigenvalue weighted by molar-refractivity contribution is 0.477. The van der Waals surface area contributed by atoms with Crippen LogP contribution in [0.5, 0.6) is 5.75 Å². The van der Waals surface area contributed by atoms with Gasteiger partial charge in [-0.2, -0.15) is 0 Å². The van der Waals surface area contributed by atoms with Crippen molar-refractivity contribution in [2.45, 2.75) is 11.8 Å². The molecule has 0 radical (unpaired) electrons. The average Bonchev–Trinajstić information content (AvgIpc) is 2.35. The van der Waals surface area contributed by atoms with E-state index in [-0.39, 0.29) is 16.3 Å². The molecule has 1 aromatic heterocycles. The fourth-order valence-electron chi connectivity index (χ4n) is 1.47. The van der Waals surface area contributed by atoms with E-state index in [1.807, 2.05) is 0 Å². The number of nitrogens with one attached hydrogen (secondary N) is 1. The smallest absolute Gasteiger partial charge is 0.262 e. The summed E-state index contributed by atoms with van der Waals surface area (Å²) < 4.78 is 26.7. The van der Waals surface area contributed by atoms with Crippen molar-refractivity contribution >= 4 is 21.4 Å². The number of pyridine rings is 1. The van der Waals surface area contributed by atoms with E-state index in [2.05, 4.69) is 9.71 Å². The van der Waals surface area contributed by atoms with Gasteiger partial charge in [0.1, 0.15) is 5.75 Å². The Bertz CT molecular complexity index is 714. The molecular weight excluding hydrogens is 266 g/mol. The summed E-state index contributed by atoms with van der Waals surface area (Å²) in [6, 6.07) is 5.41. The van der Waals surface area contributed by atoms with Crippen molar-refractivity contribution in [3.05, 3.63) is 42.2 Å². The fourth-order valence-corrected chi connectivity index (χ4v) is 2.62. The number of aromatic nitrogens is 1. The van der Waals surface area contributed by atoms with Gasteiger partial charge in [0.05, 0.1) is 22.5 Å². The van der Waals surface area contributed by atoms with Crippen molar-refractivity contribution in [2.75, 3.05) is 10.5 Å². The third-order valence-electron chi connectivity index (χ3n) is 2.59. The van der Waals surface area contributed by atoms with Gasteiger partial charge >= 0.3 is 0 Å². The van der Waals surface area contributed by atoms with Gasteiger partial charge in [-0.05, 0) is 36.8 Å². The molecule has 1 heterocycles. The monoisotopic (exact) mass is 279 g/mol. The molecule has 0 saturated heterocycles. The predicted molar refractivity (Wildman–Crippen MR) is 72.3 cm³/mol. The van der Waals surface area contributed by atoms with Crippen LogP contribution in [0.4, 0.5) is 11.4 Å². The maximum Gasteiger partial charge on any atom is 0.262 e. The van der Waals surface area contributed by atoms with Crippen LogP contribution in [-0.4, -0.2) is 18.5 Å². The lowest BCUT2D eigenvalue weighted by Crippen LogP contribution is -2.14. The van der Waals surface area contributed by atoms with Crippen LogP contribution in [0.25, 0.3) is 0 Å². The number of aryl methyl sites for hydroxylation is 1. The van der Waals surface area contributed by atoms with Crippen LogP contribution in [0.15, 0.2) is 41.6 Å². The van der Waals surface area contributed by atoms with Crippen molar-refractivity contribution in [1.82, 2.24) is 4.98 Å². The Labute approximate surface area is 111 Å². The lowest BCUT2D eigenvalue weighted by Gasteiger charge is -2.10. The van der Waals surface area contributed by atoms with Crippen LogP contribution in [-0.2, 0) is 10.0 Å². The number of nitrogens with two attached hydrogens (primary N) is 1. The molecule has 0 aliphatic heterocycles. The molecule has 0 bridgehead atoms. The fraction of sp³-hybridized carbons (Fsp3) is 0.0833. The number of aromatic hydroxyl groups is 1. The maximum absolute atomic E-state index is 12.1. The van der Waals surface area contributed by atoms with Crippen molar-refractivity contribution in [3.8, 4) is 5.75 Å². The molecule has 100 valence electrons. The van der Waals surface area contributed by atoms with Gasteiger partial charge in [-0.25, -0.2) is 8.42 Å². The molecule has 0 fully saturated rings. The number of benzene rings is 1. The van der Waals surface area contributed by atoms with E-state index in [0.29, 0.717) is 5.69 Å². The van der Waals surface area contributed by atoms with Gasteiger partial charge in [-0.3, -0.25) is 9.71 Å². The van der Waals surface area contributed by atoms with E-state index in [1.165, 1.54) is 24.4 Å². The Morgan fingerprint density at radius 1 is 1.32 bits per heavy atom. The van der Waals surface area contributed by atoms with Crippen molar-refractivity contribution in [2.24, 2.45) is 0 Å². The highest BCUT2D eigenvalue weighted by Crippen LogP contribution is 2.25. The SMILES string of the molecule is Cc1ccncc1NS(=O)(=O)c1ccc(O)c(N)c1. The first kappa shape index (κ1) is 13.2. The highest BCUT2D eigenvalue weighted by Gasteiger charge is 2.16. The van der Waals surface area contributed by atoms with E-state index in [1.54, 1.807) is 19.2 Å². The minimum absolute atomic E-state index is 0.00536. The predicted octanol–water partition coefficient (Wildman–Crippen LogP) is 1.48. The van der Waals surface area contributed by atoms with Gasteiger partial charge in [0, 0.05) is 6.20 Å². The summed E-state index contributed by atoms with van der Waals surface area (Å²) in [4.78, 5) is 3.84. The third-order valence-corrected chi connectivity index (χ3v) is 3.96. The highest BCUT2D eigenvalue weighted by molar-refractivity contribution is 7.92. The van der Waals surface area contributed by atoms with Crippen molar-refractivity contribution in [1.29, 1.82) is 0 Å². The number of rotatable bonds is 3. The first-order chi connectivity index (χ1) is 8.90. The average molecular weight is 279 g/mol. The Morgan fingerprint density at radius 2 is 2.05 bits per heavy atom. The Morgan fingerprint density at radius 3 is 2.68 bits per heavy atom. The number of hydrogen-bond acceptors (Lipinski definition) is 5. The van der Waals surface area contributed by atoms with Gasteiger partial charge in [-0.1, -0.05) is 0 Å². The molecule has 0 atom stereocenters. The summed E-state index contributed by atoms with van der Waals surface area (Å²) in [6.45, 7) is 1.77. The standard InChI is InChI=1S/C12H13N3O3S/c1-8-4-5-14-7-11(8)15-19(17,18)9-2-3-12(16)10(13)6-9/h2-7,15-16H,13H2,1H3. The van der Waals surface area contributed by atoms with E-state index in [9.17, 15) is 13.5 Å². The summed E-state index contributed by atoms with van der Waals surface area (Å²) >= 11 is 0. The summed E-state index contributed by atoms with van der Waals surface area (Å²) in [6.07, 6.45) is 3.00. The normalized spacial score (nSPS) is 11.2. The molecule has 0 aliphatic rings. The maximum atomic E-state index is 12.1. The van der Waals surface area contributed by atoms with Crippen LogP contribution < -0.4 is 10.5 Å². The van der Waals surface area contributed by atoms with Gasteiger partial charge < -0.3 is 10.8 Å². The van der Waals surface area contributed by atoms with E-state index in [4.69, 9.17) is 5.73 Å². The number of anilines is 2. The minimum Gasteiger partial charge on any atom is -0.506 e. The minimum atomic E-state index is -3.76. The molecule has 2 aromatic rings. The van der Waals surface area contributed by atoms with Crippen LogP contribution in [0.2, 0.25) is 0 Å². The number of phenols is 1. The molecule has 0 aliphatic carbocycles.